The monoisotopic (exact) mass is 1750 g/mol. The quantitative estimate of drug-likeness (QED) is 0.0223. The number of ether oxygens (including phenoxy) is 18. The molecular weight excluding hydrogens is 1660 g/mol. The molecule has 22 heterocycles. The van der Waals surface area contributed by atoms with Crippen molar-refractivity contribution in [1.82, 2.24) is 0 Å². The Balaban J connectivity index is 0.882. The summed E-state index contributed by atoms with van der Waals surface area (Å²) < 4.78 is 109. The first-order valence-electron chi connectivity index (χ1n) is 40.3. The Hall–Kier alpha value is -10.4. The maximum absolute atomic E-state index is 13.7. The highest BCUT2D eigenvalue weighted by Crippen LogP contribution is 2.40. The third kappa shape index (κ3) is 24.7. The highest BCUT2D eigenvalue weighted by molar-refractivity contribution is 5.90. The second-order valence-corrected chi connectivity index (χ2v) is 30.0. The van der Waals surface area contributed by atoms with Crippen molar-refractivity contribution in [1.29, 1.82) is 0 Å². The van der Waals surface area contributed by atoms with Gasteiger partial charge in [0.05, 0.1) is 0 Å². The van der Waals surface area contributed by atoms with Crippen molar-refractivity contribution in [2.75, 3.05) is 39.6 Å². The highest BCUT2D eigenvalue weighted by atomic mass is 16.8. The lowest BCUT2D eigenvalue weighted by atomic mass is 9.94. The maximum atomic E-state index is 13.7. The minimum Gasteiger partial charge on any atom is -0.460 e. The number of aliphatic hydroxyl groups excluding tert-OH is 12. The zero-order valence-corrected chi connectivity index (χ0v) is 67.0. The molecule has 36 heteroatoms. The van der Waals surface area contributed by atoms with E-state index >= 15 is 0 Å². The molecule has 30 atom stereocenters. The molecule has 0 radical (unpaired) electrons. The summed E-state index contributed by atoms with van der Waals surface area (Å²) in [4.78, 5) is 82.1. The topological polar surface area (TPSA) is 511 Å². The van der Waals surface area contributed by atoms with E-state index in [0.717, 1.165) is 36.5 Å². The Kier molecular flexibility index (Phi) is 33.2. The Bertz CT molecular complexity index is 3930. The summed E-state index contributed by atoms with van der Waals surface area (Å²) in [5.41, 5.74) is 3.27. The minimum atomic E-state index is -2.41. The first kappa shape index (κ1) is 93.3. The van der Waals surface area contributed by atoms with Gasteiger partial charge in [-0.3, -0.25) is 0 Å². The van der Waals surface area contributed by atoms with Gasteiger partial charge in [-0.25, -0.2) is 28.8 Å². The van der Waals surface area contributed by atoms with Gasteiger partial charge in [0.25, 0.3) is 0 Å². The molecule has 0 aliphatic carbocycles. The average molecular weight is 1750 g/mol. The predicted octanol–water partition coefficient (Wildman–Crippen LogP) is 0.531. The molecule has 0 amide bonds. The van der Waals surface area contributed by atoms with Crippen molar-refractivity contribution in [2.24, 2.45) is 0 Å². The lowest BCUT2D eigenvalue weighted by Crippen LogP contribution is -2.69. The third-order valence-electron chi connectivity index (χ3n) is 21.2. The van der Waals surface area contributed by atoms with Crippen LogP contribution in [0.15, 0.2) is 218 Å². The average Bonchev–Trinajstić information content (AvgIpc) is 0.768. The van der Waals surface area contributed by atoms with Crippen molar-refractivity contribution in [2.45, 2.75) is 184 Å². The summed E-state index contributed by atoms with van der Waals surface area (Å²) in [5.74, 6) is -6.27. The summed E-state index contributed by atoms with van der Waals surface area (Å²) >= 11 is 0. The lowest BCUT2D eigenvalue weighted by Gasteiger charge is -2.50. The number of carbonyl (C=O) groups excluding carboxylic acids is 6. The molecule has 6 aromatic carbocycles. The summed E-state index contributed by atoms with van der Waals surface area (Å²) in [6.45, 7) is -5.76. The lowest BCUT2D eigenvalue weighted by molar-refractivity contribution is -0.404. The SMILES string of the molecule is O=C(/C=C/c1ccccc1)OCC1OC2OC3C(COC(=O)/C=C/c4ccccc4)OC(OC4C(COC(=O)/C=C/c5ccccc5)OC(OC5C(COC(=O)/C=C/c6ccccc6)OC(OC6C(COC(=O)/C=C/c7ccccc7)OC(OC7C(COC(=O)/C=C/c8ccccc8)OC(OC1C(O)C2O)C(O)C7O)C(O)C6O)C(O)C5O)C(O)C4O)C(O)C3O. The fourth-order valence-corrected chi connectivity index (χ4v) is 14.5. The van der Waals surface area contributed by atoms with E-state index in [1.807, 2.05) is 0 Å². The molecule has 22 saturated heterocycles. The van der Waals surface area contributed by atoms with Crippen molar-refractivity contribution < 1.29 is 175 Å². The molecule has 12 N–H and O–H groups in total. The first-order chi connectivity index (χ1) is 60.9. The largest absolute Gasteiger partial charge is 0.460 e. The van der Waals surface area contributed by atoms with Gasteiger partial charge in [-0.2, -0.15) is 0 Å². The van der Waals surface area contributed by atoms with Crippen LogP contribution >= 0.6 is 0 Å². The van der Waals surface area contributed by atoms with Gasteiger partial charge < -0.3 is 147 Å². The van der Waals surface area contributed by atoms with E-state index in [1.54, 1.807) is 182 Å². The number of rotatable bonds is 24. The van der Waals surface area contributed by atoms with E-state index in [-0.39, 0.29) is 0 Å². The molecule has 30 unspecified atom stereocenters. The Morgan fingerprint density at radius 1 is 0.198 bits per heavy atom. The molecule has 22 fully saturated rings. The molecule has 36 nitrogen and oxygen atoms in total. The minimum absolute atomic E-state index is 0.545. The normalized spacial score (nSPS) is 34.5. The number of benzene rings is 6. The van der Waals surface area contributed by atoms with Crippen LogP contribution in [-0.4, -0.2) is 321 Å². The van der Waals surface area contributed by atoms with Crippen molar-refractivity contribution >= 4 is 72.3 Å². The van der Waals surface area contributed by atoms with E-state index < -0.39 is 260 Å². The number of esters is 6. The second kappa shape index (κ2) is 44.9. The molecule has 22 aliphatic heterocycles. The molecule has 22 aliphatic rings. The van der Waals surface area contributed by atoms with E-state index in [9.17, 15) is 90.0 Å². The Labute approximate surface area is 720 Å². The van der Waals surface area contributed by atoms with Crippen LogP contribution in [0.1, 0.15) is 33.4 Å². The van der Waals surface area contributed by atoms with E-state index in [1.165, 1.54) is 36.5 Å². The summed E-state index contributed by atoms with van der Waals surface area (Å²) in [7, 11) is 0. The Morgan fingerprint density at radius 3 is 0.452 bits per heavy atom. The van der Waals surface area contributed by atoms with E-state index in [2.05, 4.69) is 0 Å². The van der Waals surface area contributed by atoms with Gasteiger partial charge in [0, 0.05) is 36.5 Å². The zero-order valence-electron chi connectivity index (χ0n) is 67.0. The summed E-state index contributed by atoms with van der Waals surface area (Å²) in [6.07, 6.45) is -51.9. The van der Waals surface area contributed by atoms with Crippen molar-refractivity contribution in [3.8, 4) is 0 Å². The number of aliphatic hydroxyl groups is 12. The van der Waals surface area contributed by atoms with Gasteiger partial charge >= 0.3 is 35.8 Å². The van der Waals surface area contributed by atoms with Gasteiger partial charge in [0.1, 0.15) is 186 Å². The molecule has 12 bridgehead atoms. The van der Waals surface area contributed by atoms with Crippen LogP contribution in [-0.2, 0) is 114 Å². The van der Waals surface area contributed by atoms with Gasteiger partial charge in [-0.1, -0.05) is 182 Å². The Morgan fingerprint density at radius 2 is 0.325 bits per heavy atom. The molecule has 28 rings (SSSR count). The van der Waals surface area contributed by atoms with Crippen molar-refractivity contribution in [3.63, 3.8) is 0 Å². The van der Waals surface area contributed by atoms with Crippen LogP contribution in [0.5, 0.6) is 0 Å². The molecule has 672 valence electrons. The molecular formula is C90H96O36. The van der Waals surface area contributed by atoms with Gasteiger partial charge in [-0.15, -0.1) is 0 Å². The van der Waals surface area contributed by atoms with Gasteiger partial charge in [0.15, 0.2) is 37.7 Å². The molecule has 0 saturated carbocycles. The maximum Gasteiger partial charge on any atom is 0.330 e. The summed E-state index contributed by atoms with van der Waals surface area (Å²) in [5, 5.41) is 149. The number of carbonyl (C=O) groups is 6. The summed E-state index contributed by atoms with van der Waals surface area (Å²) in [6, 6.07) is 50.6. The molecule has 6 aromatic rings. The van der Waals surface area contributed by atoms with Crippen LogP contribution in [0.3, 0.4) is 0 Å². The molecule has 0 aromatic heterocycles. The fourth-order valence-electron chi connectivity index (χ4n) is 14.5. The van der Waals surface area contributed by atoms with Crippen LogP contribution < -0.4 is 0 Å². The predicted molar refractivity (Wildman–Crippen MR) is 432 cm³/mol. The standard InChI is InChI=1S/C90H96O36/c91-61(37-31-49-19-7-1-8-20-49)109-43-55-79-67(97)73(103)85(115-55)122-80-56(44-110-62(92)38-32-50-21-9-2-10-22-50)117-87(75(105)69(80)99)124-82-58(46-112-64(94)40-34-52-25-13-4-14-26-52)119-89(77(107)71(82)101)126-84-60(48-114-66(96)42-36-54-29-17-6-18-30-54)120-90(78(108)72(84)102)125-83-59(47-113-65(95)41-35-53-27-15-5-16-28-53)118-88(76(106)70(83)100)123-81-57(116-86(121-79)74(104)68(81)98)45-111-63(93)39-33-51-23-11-3-12-24-51/h1-42,55-60,67-90,97-108H,43-48H2/b37-31+,38-32+,39-33+,40-34+,41-35+,42-36+. The van der Waals surface area contributed by atoms with Crippen LogP contribution in [0.25, 0.3) is 36.5 Å². The number of hydrogen-bond acceptors (Lipinski definition) is 36. The first-order valence-corrected chi connectivity index (χ1v) is 40.3. The van der Waals surface area contributed by atoms with Crippen LogP contribution in [0, 0.1) is 0 Å². The number of hydrogen-bond donors (Lipinski definition) is 12. The molecule has 0 spiro atoms. The zero-order chi connectivity index (χ0) is 88.9. The van der Waals surface area contributed by atoms with Gasteiger partial charge in [0.2, 0.25) is 0 Å². The van der Waals surface area contributed by atoms with E-state index in [4.69, 9.17) is 85.3 Å². The smallest absolute Gasteiger partial charge is 0.330 e. The molecule has 126 heavy (non-hydrogen) atoms. The van der Waals surface area contributed by atoms with Crippen LogP contribution in [0.2, 0.25) is 0 Å². The van der Waals surface area contributed by atoms with E-state index in [0.29, 0.717) is 33.4 Å². The third-order valence-corrected chi connectivity index (χ3v) is 21.2. The van der Waals surface area contributed by atoms with Crippen molar-refractivity contribution in [3.05, 3.63) is 252 Å². The highest BCUT2D eigenvalue weighted by Gasteiger charge is 2.60. The van der Waals surface area contributed by atoms with Gasteiger partial charge in [-0.05, 0) is 69.8 Å². The fraction of sp³-hybridized carbons (Fsp3) is 0.400. The second-order valence-electron chi connectivity index (χ2n) is 30.0. The van der Waals surface area contributed by atoms with Crippen LogP contribution in [0.4, 0.5) is 0 Å².